The number of hydrogen-bond acceptors (Lipinski definition) is 3. The highest BCUT2D eigenvalue weighted by Crippen LogP contribution is 2.11. The second kappa shape index (κ2) is 15.3. The second-order valence-electron chi connectivity index (χ2n) is 5.85. The minimum absolute atomic E-state index is 0.257. The van der Waals surface area contributed by atoms with Crippen LogP contribution in [0.5, 0.6) is 0 Å². The van der Waals surface area contributed by atoms with Gasteiger partial charge in [-0.3, -0.25) is 14.9 Å². The molecule has 0 saturated heterocycles. The number of nitro groups is 1. The van der Waals surface area contributed by atoms with Crippen LogP contribution in [0.4, 0.5) is 0 Å². The van der Waals surface area contributed by atoms with Gasteiger partial charge in [0.2, 0.25) is 5.70 Å². The molecule has 0 aromatic carbocycles. The van der Waals surface area contributed by atoms with Crippen molar-refractivity contribution in [3.8, 4) is 0 Å². The second-order valence-corrected chi connectivity index (χ2v) is 5.85. The predicted octanol–water partition coefficient (Wildman–Crippen LogP) is 5.49. The van der Waals surface area contributed by atoms with Gasteiger partial charge in [-0.15, -0.1) is 0 Å². The third-order valence-corrected chi connectivity index (χ3v) is 3.71. The van der Waals surface area contributed by atoms with Gasteiger partial charge in [-0.1, -0.05) is 57.6 Å². The first kappa shape index (κ1) is 21.4. The van der Waals surface area contributed by atoms with Crippen LogP contribution in [-0.2, 0) is 4.79 Å². The van der Waals surface area contributed by atoms with Crippen LogP contribution in [0.2, 0.25) is 0 Å². The highest BCUT2D eigenvalue weighted by atomic mass is 16.6. The zero-order chi connectivity index (χ0) is 17.3. The summed E-state index contributed by atoms with van der Waals surface area (Å²) in [6, 6.07) is 0. The summed E-state index contributed by atoms with van der Waals surface area (Å²) in [5.74, 6) is -0.726. The number of aliphatic carboxylic acids is 1. The van der Waals surface area contributed by atoms with Crippen molar-refractivity contribution in [2.75, 3.05) is 0 Å². The minimum Gasteiger partial charge on any atom is -0.481 e. The third kappa shape index (κ3) is 15.0. The van der Waals surface area contributed by atoms with Crippen LogP contribution in [0.25, 0.3) is 0 Å². The Morgan fingerprint density at radius 1 is 1.00 bits per heavy atom. The summed E-state index contributed by atoms with van der Waals surface area (Å²) in [6.45, 7) is 2.12. The molecular formula is C18H31NO4. The van der Waals surface area contributed by atoms with Crippen LogP contribution in [0, 0.1) is 10.1 Å². The van der Waals surface area contributed by atoms with E-state index in [2.05, 4.69) is 6.92 Å². The fraction of sp³-hybridized carbons (Fsp3) is 0.722. The van der Waals surface area contributed by atoms with Gasteiger partial charge in [0.15, 0.2) is 0 Å². The quantitative estimate of drug-likeness (QED) is 0.187. The summed E-state index contributed by atoms with van der Waals surface area (Å²) in [6.07, 6.45) is 16.2. The van der Waals surface area contributed by atoms with Crippen LogP contribution >= 0.6 is 0 Å². The molecule has 0 unspecified atom stereocenters. The topological polar surface area (TPSA) is 80.4 Å². The molecule has 0 aromatic rings. The van der Waals surface area contributed by atoms with Gasteiger partial charge in [0.05, 0.1) is 4.92 Å². The smallest absolute Gasteiger partial charge is 0.303 e. The standard InChI is InChI=1S/C18H31NO4/c1-2-3-4-11-14-17(19(22)23)15-12-9-7-5-6-8-10-13-16-18(20)21/h9,12,15H,2-8,10-11,13-14,16H2,1H3,(H,20,21)/b12-9+,17-15-. The van der Waals surface area contributed by atoms with Gasteiger partial charge in [-0.25, -0.2) is 0 Å². The van der Waals surface area contributed by atoms with E-state index in [1.165, 1.54) is 0 Å². The van der Waals surface area contributed by atoms with E-state index in [4.69, 9.17) is 5.11 Å². The molecule has 0 rings (SSSR count). The molecule has 0 radical (unpaired) electrons. The van der Waals surface area contributed by atoms with Gasteiger partial charge < -0.3 is 5.11 Å². The molecule has 1 N–H and O–H groups in total. The van der Waals surface area contributed by atoms with E-state index < -0.39 is 5.97 Å². The van der Waals surface area contributed by atoms with E-state index in [0.29, 0.717) is 12.1 Å². The number of carbonyl (C=O) groups is 1. The number of rotatable bonds is 15. The van der Waals surface area contributed by atoms with Gasteiger partial charge in [-0.05, 0) is 25.7 Å². The number of hydrogen-bond donors (Lipinski definition) is 1. The Morgan fingerprint density at radius 2 is 1.61 bits per heavy atom. The lowest BCUT2D eigenvalue weighted by Crippen LogP contribution is -1.98. The third-order valence-electron chi connectivity index (χ3n) is 3.71. The molecule has 0 heterocycles. The van der Waals surface area contributed by atoms with Crippen LogP contribution < -0.4 is 0 Å². The Morgan fingerprint density at radius 3 is 2.26 bits per heavy atom. The number of carboxylic acid groups (broad SMARTS) is 1. The summed E-state index contributed by atoms with van der Waals surface area (Å²) < 4.78 is 0. The Labute approximate surface area is 139 Å². The first-order valence-corrected chi connectivity index (χ1v) is 8.79. The number of allylic oxidation sites excluding steroid dienone is 4. The Kier molecular flexibility index (Phi) is 14.2. The lowest BCUT2D eigenvalue weighted by Gasteiger charge is -1.98. The van der Waals surface area contributed by atoms with Crippen molar-refractivity contribution in [2.24, 2.45) is 0 Å². The fourth-order valence-electron chi connectivity index (χ4n) is 2.31. The molecule has 132 valence electrons. The monoisotopic (exact) mass is 325 g/mol. The van der Waals surface area contributed by atoms with E-state index in [0.717, 1.165) is 64.2 Å². The van der Waals surface area contributed by atoms with E-state index in [9.17, 15) is 14.9 Å². The fourth-order valence-corrected chi connectivity index (χ4v) is 2.31. The van der Waals surface area contributed by atoms with Crippen LogP contribution in [0.3, 0.4) is 0 Å². The molecular weight excluding hydrogens is 294 g/mol. The van der Waals surface area contributed by atoms with Crippen LogP contribution in [-0.4, -0.2) is 16.0 Å². The summed E-state index contributed by atoms with van der Waals surface area (Å²) >= 11 is 0. The van der Waals surface area contributed by atoms with Crippen LogP contribution in [0.1, 0.15) is 84.0 Å². The first-order valence-electron chi connectivity index (χ1n) is 8.79. The van der Waals surface area contributed by atoms with Crippen molar-refractivity contribution in [1.29, 1.82) is 0 Å². The molecule has 0 saturated carbocycles. The normalized spacial score (nSPS) is 12.0. The average molecular weight is 325 g/mol. The number of carboxylic acids is 1. The molecule has 0 fully saturated rings. The lowest BCUT2D eigenvalue weighted by molar-refractivity contribution is -0.428. The van der Waals surface area contributed by atoms with Crippen molar-refractivity contribution >= 4 is 5.97 Å². The predicted molar refractivity (Wildman–Crippen MR) is 92.9 cm³/mol. The minimum atomic E-state index is -0.726. The largest absolute Gasteiger partial charge is 0.481 e. The van der Waals surface area contributed by atoms with Gasteiger partial charge in [-0.2, -0.15) is 0 Å². The van der Waals surface area contributed by atoms with Gasteiger partial charge in [0.25, 0.3) is 0 Å². The Hall–Kier alpha value is -1.65. The zero-order valence-electron chi connectivity index (χ0n) is 14.3. The van der Waals surface area contributed by atoms with Crippen molar-refractivity contribution in [3.63, 3.8) is 0 Å². The van der Waals surface area contributed by atoms with Gasteiger partial charge in [0, 0.05) is 18.9 Å². The SMILES string of the molecule is CCCCCC/C(=C/C=C/CCCCCCCC(=O)O)[N+](=O)[O-]. The maximum absolute atomic E-state index is 10.9. The molecule has 0 aliphatic carbocycles. The maximum Gasteiger partial charge on any atom is 0.303 e. The first-order chi connectivity index (χ1) is 11.1. The molecule has 5 nitrogen and oxygen atoms in total. The molecule has 0 bridgehead atoms. The average Bonchev–Trinajstić information content (AvgIpc) is 2.50. The van der Waals surface area contributed by atoms with Crippen molar-refractivity contribution in [3.05, 3.63) is 34.0 Å². The molecule has 0 amide bonds. The number of unbranched alkanes of at least 4 members (excludes halogenated alkanes) is 8. The zero-order valence-corrected chi connectivity index (χ0v) is 14.3. The maximum atomic E-state index is 10.9. The molecule has 0 spiro atoms. The molecule has 0 aliphatic heterocycles. The molecule has 23 heavy (non-hydrogen) atoms. The molecule has 5 heteroatoms. The Balaban J connectivity index is 3.76. The van der Waals surface area contributed by atoms with Crippen LogP contribution in [0.15, 0.2) is 23.9 Å². The van der Waals surface area contributed by atoms with E-state index >= 15 is 0 Å². The summed E-state index contributed by atoms with van der Waals surface area (Å²) in [7, 11) is 0. The Bertz CT molecular complexity index is 388. The van der Waals surface area contributed by atoms with E-state index in [1.54, 1.807) is 12.2 Å². The highest BCUT2D eigenvalue weighted by molar-refractivity contribution is 5.66. The van der Waals surface area contributed by atoms with Gasteiger partial charge >= 0.3 is 5.97 Å². The lowest BCUT2D eigenvalue weighted by atomic mass is 10.1. The van der Waals surface area contributed by atoms with Crippen molar-refractivity contribution < 1.29 is 14.8 Å². The summed E-state index contributed by atoms with van der Waals surface area (Å²) in [5.41, 5.74) is 0.297. The molecule has 0 aromatic heterocycles. The molecule has 0 atom stereocenters. The summed E-state index contributed by atoms with van der Waals surface area (Å²) in [4.78, 5) is 21.0. The summed E-state index contributed by atoms with van der Waals surface area (Å²) in [5, 5.41) is 19.5. The highest BCUT2D eigenvalue weighted by Gasteiger charge is 2.07. The van der Waals surface area contributed by atoms with E-state index in [-0.39, 0.29) is 11.3 Å². The van der Waals surface area contributed by atoms with Gasteiger partial charge in [0.1, 0.15) is 0 Å². The van der Waals surface area contributed by atoms with Crippen molar-refractivity contribution in [2.45, 2.75) is 84.0 Å². The number of nitrogens with zero attached hydrogens (tertiary/aromatic N) is 1. The van der Waals surface area contributed by atoms with E-state index in [1.807, 2.05) is 6.08 Å². The van der Waals surface area contributed by atoms with Crippen molar-refractivity contribution in [1.82, 2.24) is 0 Å². The molecule has 0 aliphatic rings.